The van der Waals surface area contributed by atoms with E-state index in [0.29, 0.717) is 5.69 Å². The van der Waals surface area contributed by atoms with Gasteiger partial charge in [-0.25, -0.2) is 4.68 Å². The van der Waals surface area contributed by atoms with Gasteiger partial charge in [-0.05, 0) is 30.3 Å². The normalized spacial score (nSPS) is 10.6. The summed E-state index contributed by atoms with van der Waals surface area (Å²) >= 11 is 3.53. The summed E-state index contributed by atoms with van der Waals surface area (Å²) in [6, 6.07) is 15.6. The smallest absolute Gasteiger partial charge is 0.119 e. The molecule has 0 aliphatic rings. The maximum absolute atomic E-state index is 6.11. The summed E-state index contributed by atoms with van der Waals surface area (Å²) in [6.45, 7) is 0. The first-order valence-electron chi connectivity index (χ1n) is 6.43. The number of nitrogens with zero attached hydrogens (tertiary/aromatic N) is 2. The molecule has 21 heavy (non-hydrogen) atoms. The van der Waals surface area contributed by atoms with Gasteiger partial charge in [-0.15, -0.1) is 0 Å². The van der Waals surface area contributed by atoms with Crippen LogP contribution in [0.25, 0.3) is 16.9 Å². The molecule has 0 saturated heterocycles. The lowest BCUT2D eigenvalue weighted by atomic mass is 10.1. The molecule has 1 aromatic heterocycles. The van der Waals surface area contributed by atoms with Crippen molar-refractivity contribution in [3.63, 3.8) is 0 Å². The molecule has 0 bridgehead atoms. The zero-order chi connectivity index (χ0) is 14.8. The van der Waals surface area contributed by atoms with Crippen LogP contribution in [0, 0.1) is 0 Å². The standard InChI is InChI=1S/C16H14BrN3O/c1-21-12-8-6-11(7-9-12)20-10-15(18)16(19-20)13-4-2-3-5-14(13)17/h2-10H,18H2,1H3. The lowest BCUT2D eigenvalue weighted by molar-refractivity contribution is 0.414. The quantitative estimate of drug-likeness (QED) is 0.784. The van der Waals surface area contributed by atoms with Crippen LogP contribution >= 0.6 is 15.9 Å². The van der Waals surface area contributed by atoms with Gasteiger partial charge in [0.25, 0.3) is 0 Å². The Morgan fingerprint density at radius 3 is 2.48 bits per heavy atom. The van der Waals surface area contributed by atoms with Gasteiger partial charge in [0.1, 0.15) is 11.4 Å². The number of anilines is 1. The van der Waals surface area contributed by atoms with E-state index >= 15 is 0 Å². The average Bonchev–Trinajstić information content (AvgIpc) is 2.90. The number of methoxy groups -OCH3 is 1. The average molecular weight is 344 g/mol. The van der Waals surface area contributed by atoms with Crippen LogP contribution in [0.4, 0.5) is 5.69 Å². The second-order valence-electron chi connectivity index (χ2n) is 4.56. The SMILES string of the molecule is COc1ccc(-n2cc(N)c(-c3ccccc3Br)n2)cc1. The molecular formula is C16H14BrN3O. The largest absolute Gasteiger partial charge is 0.497 e. The van der Waals surface area contributed by atoms with E-state index in [4.69, 9.17) is 10.5 Å². The summed E-state index contributed by atoms with van der Waals surface area (Å²) in [5.74, 6) is 0.810. The van der Waals surface area contributed by atoms with Gasteiger partial charge in [0, 0.05) is 10.0 Å². The van der Waals surface area contributed by atoms with Gasteiger partial charge in [-0.3, -0.25) is 0 Å². The summed E-state index contributed by atoms with van der Waals surface area (Å²) in [5, 5.41) is 4.59. The highest BCUT2D eigenvalue weighted by Gasteiger charge is 2.12. The molecule has 0 fully saturated rings. The van der Waals surface area contributed by atoms with Crippen LogP contribution in [0.1, 0.15) is 0 Å². The Morgan fingerprint density at radius 2 is 1.81 bits per heavy atom. The summed E-state index contributed by atoms with van der Waals surface area (Å²) in [6.07, 6.45) is 1.82. The highest BCUT2D eigenvalue weighted by atomic mass is 79.9. The molecule has 3 rings (SSSR count). The first-order chi connectivity index (χ1) is 10.2. The van der Waals surface area contributed by atoms with E-state index in [1.54, 1.807) is 11.8 Å². The molecule has 0 saturated carbocycles. The number of hydrogen-bond acceptors (Lipinski definition) is 3. The van der Waals surface area contributed by atoms with E-state index in [-0.39, 0.29) is 0 Å². The number of halogens is 1. The Bertz CT molecular complexity index is 765. The lowest BCUT2D eigenvalue weighted by Gasteiger charge is -2.03. The zero-order valence-electron chi connectivity index (χ0n) is 11.5. The minimum atomic E-state index is 0.637. The maximum atomic E-state index is 6.11. The van der Waals surface area contributed by atoms with E-state index in [1.807, 2.05) is 54.7 Å². The summed E-state index contributed by atoms with van der Waals surface area (Å²) in [4.78, 5) is 0. The third-order valence-electron chi connectivity index (χ3n) is 3.21. The fourth-order valence-corrected chi connectivity index (χ4v) is 2.59. The highest BCUT2D eigenvalue weighted by molar-refractivity contribution is 9.10. The van der Waals surface area contributed by atoms with Gasteiger partial charge >= 0.3 is 0 Å². The molecule has 0 unspecified atom stereocenters. The number of nitrogen functional groups attached to an aromatic ring is 1. The van der Waals surface area contributed by atoms with Crippen molar-refractivity contribution in [1.29, 1.82) is 0 Å². The van der Waals surface area contributed by atoms with Gasteiger partial charge in [0.2, 0.25) is 0 Å². The number of nitrogens with two attached hydrogens (primary N) is 1. The molecule has 1 heterocycles. The van der Waals surface area contributed by atoms with Crippen LogP contribution in [0.5, 0.6) is 5.75 Å². The van der Waals surface area contributed by atoms with Crippen molar-refractivity contribution in [3.8, 4) is 22.7 Å². The topological polar surface area (TPSA) is 53.1 Å². The van der Waals surface area contributed by atoms with E-state index in [9.17, 15) is 0 Å². The lowest BCUT2D eigenvalue weighted by Crippen LogP contribution is -1.95. The molecule has 3 aromatic rings. The van der Waals surface area contributed by atoms with Gasteiger partial charge in [0.05, 0.1) is 24.7 Å². The molecule has 0 aliphatic heterocycles. The van der Waals surface area contributed by atoms with E-state index in [1.165, 1.54) is 0 Å². The van der Waals surface area contributed by atoms with Crippen LogP contribution in [-0.4, -0.2) is 16.9 Å². The van der Waals surface area contributed by atoms with Crippen molar-refractivity contribution in [2.75, 3.05) is 12.8 Å². The van der Waals surface area contributed by atoms with Crippen LogP contribution in [0.15, 0.2) is 59.2 Å². The van der Waals surface area contributed by atoms with Gasteiger partial charge in [0.15, 0.2) is 0 Å². The van der Waals surface area contributed by atoms with Crippen LogP contribution in [-0.2, 0) is 0 Å². The third-order valence-corrected chi connectivity index (χ3v) is 3.90. The van der Waals surface area contributed by atoms with Crippen LogP contribution in [0.2, 0.25) is 0 Å². The Balaban J connectivity index is 2.03. The van der Waals surface area contributed by atoms with E-state index in [0.717, 1.165) is 27.2 Å². The minimum absolute atomic E-state index is 0.637. The molecule has 2 aromatic carbocycles. The number of rotatable bonds is 3. The molecule has 0 aliphatic carbocycles. The van der Waals surface area contributed by atoms with Crippen molar-refractivity contribution in [3.05, 3.63) is 59.2 Å². The molecule has 0 spiro atoms. The first kappa shape index (κ1) is 13.7. The highest BCUT2D eigenvalue weighted by Crippen LogP contribution is 2.31. The third kappa shape index (κ3) is 2.64. The van der Waals surface area contributed by atoms with E-state index < -0.39 is 0 Å². The fourth-order valence-electron chi connectivity index (χ4n) is 2.12. The second-order valence-corrected chi connectivity index (χ2v) is 5.41. The number of ether oxygens (including phenoxy) is 1. The van der Waals surface area contributed by atoms with Crippen molar-refractivity contribution >= 4 is 21.6 Å². The summed E-state index contributed by atoms with van der Waals surface area (Å²) in [5.41, 5.74) is 9.41. The molecule has 0 atom stereocenters. The molecular weight excluding hydrogens is 330 g/mol. The maximum Gasteiger partial charge on any atom is 0.119 e. The van der Waals surface area contributed by atoms with Gasteiger partial charge < -0.3 is 10.5 Å². The van der Waals surface area contributed by atoms with Crippen molar-refractivity contribution in [2.45, 2.75) is 0 Å². The number of hydrogen-bond donors (Lipinski definition) is 1. The van der Waals surface area contributed by atoms with Gasteiger partial charge in [-0.2, -0.15) is 5.10 Å². The first-order valence-corrected chi connectivity index (χ1v) is 7.23. The van der Waals surface area contributed by atoms with Crippen LogP contribution in [0.3, 0.4) is 0 Å². The molecule has 0 amide bonds. The predicted octanol–water partition coefficient (Wildman–Crippen LogP) is 3.89. The molecule has 2 N–H and O–H groups in total. The van der Waals surface area contributed by atoms with Crippen LogP contribution < -0.4 is 10.5 Å². The summed E-state index contributed by atoms with van der Waals surface area (Å²) < 4.78 is 7.90. The van der Waals surface area contributed by atoms with Crippen molar-refractivity contribution in [1.82, 2.24) is 9.78 Å². The molecule has 4 nitrogen and oxygen atoms in total. The van der Waals surface area contributed by atoms with Crippen molar-refractivity contribution in [2.24, 2.45) is 0 Å². The Kier molecular flexibility index (Phi) is 3.66. The Labute approximate surface area is 131 Å². The number of benzene rings is 2. The minimum Gasteiger partial charge on any atom is -0.497 e. The molecule has 5 heteroatoms. The monoisotopic (exact) mass is 343 g/mol. The Morgan fingerprint density at radius 1 is 1.10 bits per heavy atom. The fraction of sp³-hybridized carbons (Fsp3) is 0.0625. The predicted molar refractivity (Wildman–Crippen MR) is 87.7 cm³/mol. The van der Waals surface area contributed by atoms with Gasteiger partial charge in [-0.1, -0.05) is 34.1 Å². The molecule has 0 radical (unpaired) electrons. The molecule has 106 valence electrons. The summed E-state index contributed by atoms with van der Waals surface area (Å²) in [7, 11) is 1.64. The van der Waals surface area contributed by atoms with Crippen molar-refractivity contribution < 1.29 is 4.74 Å². The number of aromatic nitrogens is 2. The van der Waals surface area contributed by atoms with E-state index in [2.05, 4.69) is 21.0 Å². The Hall–Kier alpha value is -2.27. The second kappa shape index (κ2) is 5.61. The zero-order valence-corrected chi connectivity index (χ0v) is 13.0.